The zero-order valence-electron chi connectivity index (χ0n) is 17.2. The number of anilines is 2. The van der Waals surface area contributed by atoms with E-state index >= 15 is 0 Å². The van der Waals surface area contributed by atoms with Gasteiger partial charge in [0.2, 0.25) is 0 Å². The van der Waals surface area contributed by atoms with Crippen LogP contribution in [0.4, 0.5) is 15.9 Å². The summed E-state index contributed by atoms with van der Waals surface area (Å²) in [5.41, 5.74) is 3.99. The van der Waals surface area contributed by atoms with E-state index in [1.165, 1.54) is 18.5 Å². The average Bonchev–Trinajstić information content (AvgIpc) is 2.80. The topological polar surface area (TPSA) is 68.6 Å². The molecule has 0 spiro atoms. The maximum absolute atomic E-state index is 13.0. The van der Waals surface area contributed by atoms with Gasteiger partial charge in [0.1, 0.15) is 30.3 Å². The summed E-state index contributed by atoms with van der Waals surface area (Å²) in [5, 5.41) is 8.44. The third-order valence-corrected chi connectivity index (χ3v) is 4.76. The van der Waals surface area contributed by atoms with Crippen molar-refractivity contribution in [3.63, 3.8) is 0 Å². The molecule has 0 bridgehead atoms. The van der Waals surface area contributed by atoms with Gasteiger partial charge < -0.3 is 14.9 Å². The van der Waals surface area contributed by atoms with E-state index < -0.39 is 0 Å². The molecule has 0 radical (unpaired) electrons. The van der Waals surface area contributed by atoms with Gasteiger partial charge >= 0.3 is 0 Å². The normalized spacial score (nSPS) is 11.4. The number of halogens is 1. The maximum Gasteiger partial charge on any atom is 0.142 e. The van der Waals surface area contributed by atoms with Gasteiger partial charge in [0, 0.05) is 10.9 Å². The highest BCUT2D eigenvalue weighted by Gasteiger charge is 2.10. The second-order valence-electron chi connectivity index (χ2n) is 6.86. The number of para-hydroxylation sites is 1. The van der Waals surface area contributed by atoms with Crippen molar-refractivity contribution >= 4 is 28.1 Å². The lowest BCUT2D eigenvalue weighted by Crippen LogP contribution is -2.02. The number of methoxy groups -OCH3 is 1. The smallest absolute Gasteiger partial charge is 0.142 e. The van der Waals surface area contributed by atoms with Gasteiger partial charge in [-0.2, -0.15) is 0 Å². The third kappa shape index (κ3) is 4.78. The standard InChI is InChI=1S/C24H21FN4O2/c1-16(29-31-14-17-7-10-19(25)11-8-17)18-9-12-23(30-2)22(13-18)28-24-20-5-3-4-6-21(20)26-15-27-24/h3-13,15H,14H2,1-2H3,(H,26,27,28)/b29-16+. The van der Waals surface area contributed by atoms with Crippen LogP contribution in [0.3, 0.4) is 0 Å². The SMILES string of the molecule is COc1ccc(/C(C)=N/OCc2ccc(F)cc2)cc1Nc1ncnc2ccccc12. The van der Waals surface area contributed by atoms with Crippen LogP contribution in [0.5, 0.6) is 5.75 Å². The van der Waals surface area contributed by atoms with E-state index in [0.29, 0.717) is 17.3 Å². The molecular weight excluding hydrogens is 395 g/mol. The first-order valence-corrected chi connectivity index (χ1v) is 9.70. The van der Waals surface area contributed by atoms with Gasteiger partial charge in [0.05, 0.1) is 24.0 Å². The van der Waals surface area contributed by atoms with E-state index in [1.807, 2.05) is 49.4 Å². The summed E-state index contributed by atoms with van der Waals surface area (Å²) in [6, 6.07) is 19.6. The summed E-state index contributed by atoms with van der Waals surface area (Å²) in [7, 11) is 1.62. The molecule has 4 rings (SSSR count). The van der Waals surface area contributed by atoms with Crippen LogP contribution in [0.1, 0.15) is 18.1 Å². The van der Waals surface area contributed by atoms with E-state index in [2.05, 4.69) is 20.4 Å². The monoisotopic (exact) mass is 416 g/mol. The summed E-state index contributed by atoms with van der Waals surface area (Å²) in [6.45, 7) is 2.11. The largest absolute Gasteiger partial charge is 0.495 e. The predicted molar refractivity (Wildman–Crippen MR) is 119 cm³/mol. The fourth-order valence-corrected chi connectivity index (χ4v) is 3.10. The molecule has 0 aliphatic rings. The molecule has 0 fully saturated rings. The lowest BCUT2D eigenvalue weighted by Gasteiger charge is -2.13. The predicted octanol–water partition coefficient (Wildman–Crippen LogP) is 5.46. The number of nitrogens with zero attached hydrogens (tertiary/aromatic N) is 3. The summed E-state index contributed by atoms with van der Waals surface area (Å²) < 4.78 is 18.5. The number of ether oxygens (including phenoxy) is 1. The van der Waals surface area contributed by atoms with E-state index in [0.717, 1.165) is 27.7 Å². The van der Waals surface area contributed by atoms with Gasteiger partial charge in [-0.3, -0.25) is 0 Å². The summed E-state index contributed by atoms with van der Waals surface area (Å²) in [5.74, 6) is 1.08. The summed E-state index contributed by atoms with van der Waals surface area (Å²) in [4.78, 5) is 14.1. The first-order chi connectivity index (χ1) is 15.1. The molecule has 0 aliphatic heterocycles. The van der Waals surface area contributed by atoms with Gasteiger partial charge in [0.25, 0.3) is 0 Å². The Morgan fingerprint density at radius 3 is 2.65 bits per heavy atom. The maximum atomic E-state index is 13.0. The molecule has 6 nitrogen and oxygen atoms in total. The zero-order chi connectivity index (χ0) is 21.6. The van der Waals surface area contributed by atoms with Crippen LogP contribution in [0, 0.1) is 5.82 Å². The van der Waals surface area contributed by atoms with Crippen molar-refractivity contribution in [1.82, 2.24) is 9.97 Å². The number of hydrogen-bond donors (Lipinski definition) is 1. The van der Waals surface area contributed by atoms with Crippen molar-refractivity contribution in [2.45, 2.75) is 13.5 Å². The second-order valence-corrected chi connectivity index (χ2v) is 6.86. The molecule has 156 valence electrons. The molecule has 0 amide bonds. The van der Waals surface area contributed by atoms with Gasteiger partial charge in [-0.1, -0.05) is 29.4 Å². The number of nitrogens with one attached hydrogen (secondary N) is 1. The third-order valence-electron chi connectivity index (χ3n) is 4.76. The van der Waals surface area contributed by atoms with Gasteiger partial charge in [-0.25, -0.2) is 14.4 Å². The van der Waals surface area contributed by atoms with E-state index in [9.17, 15) is 4.39 Å². The minimum Gasteiger partial charge on any atom is -0.495 e. The van der Waals surface area contributed by atoms with E-state index in [4.69, 9.17) is 9.57 Å². The van der Waals surface area contributed by atoms with Crippen LogP contribution in [-0.4, -0.2) is 22.8 Å². The van der Waals surface area contributed by atoms with Crippen molar-refractivity contribution in [2.75, 3.05) is 12.4 Å². The number of rotatable bonds is 7. The van der Waals surface area contributed by atoms with Crippen molar-refractivity contribution in [3.05, 3.63) is 90.0 Å². The highest BCUT2D eigenvalue weighted by molar-refractivity contribution is 6.00. The Bertz CT molecular complexity index is 1220. The molecule has 0 aliphatic carbocycles. The molecule has 1 aromatic heterocycles. The van der Waals surface area contributed by atoms with E-state index in [1.54, 1.807) is 19.2 Å². The molecule has 0 atom stereocenters. The molecule has 7 heteroatoms. The molecule has 0 saturated carbocycles. The lowest BCUT2D eigenvalue weighted by atomic mass is 10.1. The Kier molecular flexibility index (Phi) is 6.03. The summed E-state index contributed by atoms with van der Waals surface area (Å²) >= 11 is 0. The van der Waals surface area contributed by atoms with Crippen LogP contribution >= 0.6 is 0 Å². The Balaban J connectivity index is 1.55. The molecule has 0 saturated heterocycles. The van der Waals surface area contributed by atoms with E-state index in [-0.39, 0.29) is 12.4 Å². The molecular formula is C24H21FN4O2. The fraction of sp³-hybridized carbons (Fsp3) is 0.125. The van der Waals surface area contributed by atoms with Gasteiger partial charge in [-0.15, -0.1) is 0 Å². The number of hydrogen-bond acceptors (Lipinski definition) is 6. The van der Waals surface area contributed by atoms with Gasteiger partial charge in [-0.05, 0) is 55.0 Å². The van der Waals surface area contributed by atoms with Crippen LogP contribution in [0.15, 0.2) is 78.2 Å². The lowest BCUT2D eigenvalue weighted by molar-refractivity contribution is 0.130. The molecule has 3 aromatic carbocycles. The number of aromatic nitrogens is 2. The first-order valence-electron chi connectivity index (χ1n) is 9.70. The van der Waals surface area contributed by atoms with Crippen molar-refractivity contribution in [1.29, 1.82) is 0 Å². The van der Waals surface area contributed by atoms with Crippen LogP contribution in [0.2, 0.25) is 0 Å². The second kappa shape index (κ2) is 9.21. The molecule has 4 aromatic rings. The number of fused-ring (bicyclic) bond motifs is 1. The fourth-order valence-electron chi connectivity index (χ4n) is 3.10. The van der Waals surface area contributed by atoms with Crippen molar-refractivity contribution < 1.29 is 14.0 Å². The van der Waals surface area contributed by atoms with Crippen molar-refractivity contribution in [2.24, 2.45) is 5.16 Å². The minimum absolute atomic E-state index is 0.256. The van der Waals surface area contributed by atoms with Crippen LogP contribution in [0.25, 0.3) is 10.9 Å². The van der Waals surface area contributed by atoms with Gasteiger partial charge in [0.15, 0.2) is 0 Å². The Labute approximate surface area is 179 Å². The Hall–Kier alpha value is -4.00. The number of oxime groups is 1. The summed E-state index contributed by atoms with van der Waals surface area (Å²) in [6.07, 6.45) is 1.52. The number of benzene rings is 3. The highest BCUT2D eigenvalue weighted by Crippen LogP contribution is 2.30. The van der Waals surface area contributed by atoms with Crippen LogP contribution in [-0.2, 0) is 11.4 Å². The molecule has 0 unspecified atom stereocenters. The quantitative estimate of drug-likeness (QED) is 0.320. The average molecular weight is 416 g/mol. The van der Waals surface area contributed by atoms with Crippen LogP contribution < -0.4 is 10.1 Å². The molecule has 1 heterocycles. The molecule has 31 heavy (non-hydrogen) atoms. The molecule has 1 N–H and O–H groups in total. The Morgan fingerprint density at radius 2 is 1.84 bits per heavy atom. The zero-order valence-corrected chi connectivity index (χ0v) is 17.2. The Morgan fingerprint density at radius 1 is 1.03 bits per heavy atom. The minimum atomic E-state index is -0.279. The highest BCUT2D eigenvalue weighted by atomic mass is 19.1. The first kappa shape index (κ1) is 20.3. The van der Waals surface area contributed by atoms with Crippen molar-refractivity contribution in [3.8, 4) is 5.75 Å².